The van der Waals surface area contributed by atoms with Crippen molar-refractivity contribution in [2.24, 2.45) is 35.5 Å². The Labute approximate surface area is 195 Å². The fourth-order valence-electron chi connectivity index (χ4n) is 7.22. The Hall–Kier alpha value is -0.520. The molecule has 31 heavy (non-hydrogen) atoms. The van der Waals surface area contributed by atoms with Crippen LogP contribution in [-0.2, 0) is 0 Å². The van der Waals surface area contributed by atoms with E-state index in [1.165, 1.54) is 103 Å². The lowest BCUT2D eigenvalue weighted by Gasteiger charge is -2.37. The van der Waals surface area contributed by atoms with E-state index in [2.05, 4.69) is 31.7 Å². The molecule has 3 aliphatic carbocycles. The van der Waals surface area contributed by atoms with Crippen LogP contribution in [0.15, 0.2) is 24.8 Å². The highest BCUT2D eigenvalue weighted by atomic mass is 14.4. The number of unbranched alkanes of at least 4 members (excludes halogenated alkanes) is 2. The molecule has 0 atom stereocenters. The van der Waals surface area contributed by atoms with E-state index in [4.69, 9.17) is 0 Å². The molecule has 0 nitrogen and oxygen atoms in total. The van der Waals surface area contributed by atoms with Crippen molar-refractivity contribution in [2.75, 3.05) is 0 Å². The van der Waals surface area contributed by atoms with E-state index < -0.39 is 0 Å². The Morgan fingerprint density at radius 2 is 1.13 bits per heavy atom. The van der Waals surface area contributed by atoms with Crippen molar-refractivity contribution in [1.29, 1.82) is 0 Å². The summed E-state index contributed by atoms with van der Waals surface area (Å²) in [6.45, 7) is 6.22. The summed E-state index contributed by atoms with van der Waals surface area (Å²) in [5, 5.41) is 0. The smallest absolute Gasteiger partial charge is 0.0233 e. The molecule has 0 radical (unpaired) electrons. The molecule has 0 aromatic carbocycles. The molecule has 0 bridgehead atoms. The topological polar surface area (TPSA) is 0 Å². The SMILES string of the molecule is C=CCCC1CCC(CC/C=C/C2CCC(C3CCC(CCCCC)CC3)CC2)CC1. The minimum absolute atomic E-state index is 0.899. The van der Waals surface area contributed by atoms with Crippen molar-refractivity contribution < 1.29 is 0 Å². The predicted molar refractivity (Wildman–Crippen MR) is 138 cm³/mol. The highest BCUT2D eigenvalue weighted by molar-refractivity contribution is 4.93. The summed E-state index contributed by atoms with van der Waals surface area (Å²) in [7, 11) is 0. The van der Waals surface area contributed by atoms with Crippen molar-refractivity contribution in [2.45, 2.75) is 135 Å². The fraction of sp³-hybridized carbons (Fsp3) is 0.871. The minimum atomic E-state index is 0.899. The Balaban J connectivity index is 1.23. The zero-order chi connectivity index (χ0) is 21.7. The summed E-state index contributed by atoms with van der Waals surface area (Å²) in [6, 6.07) is 0. The second-order valence-corrected chi connectivity index (χ2v) is 11.7. The van der Waals surface area contributed by atoms with Crippen LogP contribution in [0, 0.1) is 35.5 Å². The lowest BCUT2D eigenvalue weighted by atomic mass is 9.68. The third-order valence-corrected chi connectivity index (χ3v) is 9.49. The second kappa shape index (κ2) is 14.6. The molecular formula is C31H54. The molecule has 3 fully saturated rings. The molecule has 0 unspecified atom stereocenters. The Morgan fingerprint density at radius 1 is 0.613 bits per heavy atom. The molecule has 0 heterocycles. The summed E-state index contributed by atoms with van der Waals surface area (Å²) in [6.07, 6.45) is 36.7. The minimum Gasteiger partial charge on any atom is -0.103 e. The maximum absolute atomic E-state index is 3.88. The van der Waals surface area contributed by atoms with E-state index in [0.717, 1.165) is 35.5 Å². The van der Waals surface area contributed by atoms with Crippen LogP contribution >= 0.6 is 0 Å². The first-order chi connectivity index (χ1) is 15.3. The fourth-order valence-corrected chi connectivity index (χ4v) is 7.22. The maximum atomic E-state index is 3.88. The highest BCUT2D eigenvalue weighted by Crippen LogP contribution is 2.42. The van der Waals surface area contributed by atoms with Crippen molar-refractivity contribution >= 4 is 0 Å². The Bertz CT molecular complexity index is 478. The van der Waals surface area contributed by atoms with Crippen LogP contribution in [0.3, 0.4) is 0 Å². The second-order valence-electron chi connectivity index (χ2n) is 11.7. The van der Waals surface area contributed by atoms with E-state index in [0.29, 0.717) is 0 Å². The molecule has 0 aliphatic heterocycles. The monoisotopic (exact) mass is 426 g/mol. The molecule has 3 saturated carbocycles. The number of hydrogen-bond acceptors (Lipinski definition) is 0. The summed E-state index contributed by atoms with van der Waals surface area (Å²) in [5.41, 5.74) is 0. The van der Waals surface area contributed by atoms with Crippen LogP contribution in [0.1, 0.15) is 135 Å². The Morgan fingerprint density at radius 3 is 1.71 bits per heavy atom. The van der Waals surface area contributed by atoms with Gasteiger partial charge in [-0.3, -0.25) is 0 Å². The molecule has 0 saturated heterocycles. The van der Waals surface area contributed by atoms with Crippen LogP contribution in [0.2, 0.25) is 0 Å². The molecule has 0 amide bonds. The summed E-state index contributed by atoms with van der Waals surface area (Å²) in [5.74, 6) is 6.13. The van der Waals surface area contributed by atoms with Crippen molar-refractivity contribution in [3.63, 3.8) is 0 Å². The van der Waals surface area contributed by atoms with Gasteiger partial charge in [0.2, 0.25) is 0 Å². The molecule has 3 aliphatic rings. The van der Waals surface area contributed by atoms with Crippen molar-refractivity contribution in [1.82, 2.24) is 0 Å². The van der Waals surface area contributed by atoms with Crippen LogP contribution < -0.4 is 0 Å². The molecule has 0 aromatic heterocycles. The number of hydrogen-bond donors (Lipinski definition) is 0. The quantitative estimate of drug-likeness (QED) is 0.215. The van der Waals surface area contributed by atoms with Crippen LogP contribution in [0.4, 0.5) is 0 Å². The summed E-state index contributed by atoms with van der Waals surface area (Å²) in [4.78, 5) is 0. The number of allylic oxidation sites excluding steroid dienone is 3. The molecule has 3 rings (SSSR count). The third kappa shape index (κ3) is 9.09. The zero-order valence-corrected chi connectivity index (χ0v) is 21.0. The van der Waals surface area contributed by atoms with Gasteiger partial charge in [-0.1, -0.05) is 89.4 Å². The van der Waals surface area contributed by atoms with Gasteiger partial charge in [0.15, 0.2) is 0 Å². The Kier molecular flexibility index (Phi) is 11.8. The summed E-state index contributed by atoms with van der Waals surface area (Å²) < 4.78 is 0. The van der Waals surface area contributed by atoms with Gasteiger partial charge in [0.25, 0.3) is 0 Å². The summed E-state index contributed by atoms with van der Waals surface area (Å²) >= 11 is 0. The van der Waals surface area contributed by atoms with Gasteiger partial charge in [-0.25, -0.2) is 0 Å². The lowest BCUT2D eigenvalue weighted by Crippen LogP contribution is -2.25. The average Bonchev–Trinajstić information content (AvgIpc) is 2.82. The van der Waals surface area contributed by atoms with E-state index in [-0.39, 0.29) is 0 Å². The zero-order valence-electron chi connectivity index (χ0n) is 21.0. The van der Waals surface area contributed by atoms with E-state index in [9.17, 15) is 0 Å². The molecule has 178 valence electrons. The average molecular weight is 427 g/mol. The van der Waals surface area contributed by atoms with Gasteiger partial charge >= 0.3 is 0 Å². The molecule has 0 N–H and O–H groups in total. The standard InChI is InChI=1S/C31H54/c1-3-5-7-11-28-18-22-30(23-19-28)31-24-20-29(21-25-31)13-9-8-12-27-16-14-26(15-17-27)10-6-4-2/h4,9,13,26-31H,2-3,5-8,10-12,14-25H2,1H3/b13-9+. The molecular weight excluding hydrogens is 372 g/mol. The van der Waals surface area contributed by atoms with Gasteiger partial charge in [-0.2, -0.15) is 0 Å². The molecule has 0 aromatic rings. The first kappa shape index (κ1) is 25.1. The van der Waals surface area contributed by atoms with E-state index in [1.807, 2.05) is 0 Å². The lowest BCUT2D eigenvalue weighted by molar-refractivity contribution is 0.151. The maximum Gasteiger partial charge on any atom is -0.0233 e. The largest absolute Gasteiger partial charge is 0.103 e. The van der Waals surface area contributed by atoms with Gasteiger partial charge in [-0.05, 0) is 99.7 Å². The van der Waals surface area contributed by atoms with E-state index in [1.54, 1.807) is 25.7 Å². The normalized spacial score (nSPS) is 34.7. The van der Waals surface area contributed by atoms with Crippen molar-refractivity contribution in [3.05, 3.63) is 24.8 Å². The first-order valence-corrected chi connectivity index (χ1v) is 14.6. The van der Waals surface area contributed by atoms with Gasteiger partial charge in [-0.15, -0.1) is 6.58 Å². The van der Waals surface area contributed by atoms with Crippen LogP contribution in [-0.4, -0.2) is 0 Å². The third-order valence-electron chi connectivity index (χ3n) is 9.49. The van der Waals surface area contributed by atoms with Crippen LogP contribution in [0.25, 0.3) is 0 Å². The molecule has 0 heteroatoms. The van der Waals surface area contributed by atoms with E-state index >= 15 is 0 Å². The van der Waals surface area contributed by atoms with Crippen LogP contribution in [0.5, 0.6) is 0 Å². The van der Waals surface area contributed by atoms with Gasteiger partial charge in [0.1, 0.15) is 0 Å². The molecule has 0 spiro atoms. The predicted octanol–water partition coefficient (Wildman–Crippen LogP) is 10.3. The van der Waals surface area contributed by atoms with Gasteiger partial charge < -0.3 is 0 Å². The highest BCUT2D eigenvalue weighted by Gasteiger charge is 2.30. The van der Waals surface area contributed by atoms with Gasteiger partial charge in [0, 0.05) is 0 Å². The first-order valence-electron chi connectivity index (χ1n) is 14.6. The van der Waals surface area contributed by atoms with Crippen molar-refractivity contribution in [3.8, 4) is 0 Å². The number of rotatable bonds is 12. The van der Waals surface area contributed by atoms with Gasteiger partial charge in [0.05, 0.1) is 0 Å².